The van der Waals surface area contributed by atoms with Crippen molar-refractivity contribution >= 4 is 22.9 Å². The first-order valence-corrected chi connectivity index (χ1v) is 8.67. The van der Waals surface area contributed by atoms with Crippen molar-refractivity contribution in [2.45, 2.75) is 32.2 Å². The first-order valence-electron chi connectivity index (χ1n) is 7.48. The second-order valence-electron chi connectivity index (χ2n) is 5.57. The summed E-state index contributed by atoms with van der Waals surface area (Å²) in [7, 11) is 0. The minimum Gasteiger partial charge on any atom is -0.309 e. The second kappa shape index (κ2) is 6.47. The van der Waals surface area contributed by atoms with Crippen LogP contribution in [0, 0.1) is 11.7 Å². The van der Waals surface area contributed by atoms with Gasteiger partial charge in [-0.15, -0.1) is 11.3 Å². The molecule has 1 N–H and O–H groups in total. The molecule has 3 rings (SSSR count). The summed E-state index contributed by atoms with van der Waals surface area (Å²) in [4.78, 5) is 2.26. The van der Waals surface area contributed by atoms with Crippen LogP contribution in [-0.2, 0) is 0 Å². The molecule has 1 unspecified atom stereocenters. The quantitative estimate of drug-likeness (QED) is 0.723. The molecule has 4 heteroatoms. The Balaban J connectivity index is 1.86. The van der Waals surface area contributed by atoms with E-state index in [0.29, 0.717) is 11.6 Å². The monoisotopic (exact) mass is 323 g/mol. The zero-order valence-corrected chi connectivity index (χ0v) is 13.6. The largest absolute Gasteiger partial charge is 0.309 e. The number of thiophene rings is 1. The Kier molecular flexibility index (Phi) is 4.63. The molecule has 1 aliphatic rings. The fourth-order valence-corrected chi connectivity index (χ4v) is 3.96. The average molecular weight is 324 g/mol. The van der Waals surface area contributed by atoms with Crippen LogP contribution in [0.3, 0.4) is 0 Å². The lowest BCUT2D eigenvalue weighted by Gasteiger charge is -2.16. The number of hydrogen-bond donors (Lipinski definition) is 1. The normalized spacial score (nSPS) is 16.1. The third kappa shape index (κ3) is 3.31. The van der Waals surface area contributed by atoms with Gasteiger partial charge in [-0.25, -0.2) is 4.39 Å². The smallest absolute Gasteiger partial charge is 0.150 e. The van der Waals surface area contributed by atoms with Crippen molar-refractivity contribution in [1.29, 1.82) is 0 Å². The summed E-state index contributed by atoms with van der Waals surface area (Å²) < 4.78 is 14.1. The molecule has 1 aliphatic carbocycles. The summed E-state index contributed by atoms with van der Waals surface area (Å²) in [6.45, 7) is 3.21. The van der Waals surface area contributed by atoms with Crippen molar-refractivity contribution in [3.8, 4) is 10.4 Å². The number of halogens is 2. The van der Waals surface area contributed by atoms with Gasteiger partial charge < -0.3 is 5.32 Å². The van der Waals surface area contributed by atoms with Crippen LogP contribution in [0.15, 0.2) is 30.3 Å². The SMILES string of the molecule is CCCNC(c1ccc(-c2cccc(Cl)c2F)s1)C1CC1. The van der Waals surface area contributed by atoms with Crippen LogP contribution in [0.1, 0.15) is 37.1 Å². The standard InChI is InChI=1S/C17H19ClFNS/c1-2-10-20-17(11-6-7-11)15-9-8-14(21-15)12-4-3-5-13(18)16(12)19/h3-5,8-9,11,17,20H,2,6-7,10H2,1H3. The Bertz CT molecular complexity index is 621. The third-order valence-electron chi connectivity index (χ3n) is 3.86. The van der Waals surface area contributed by atoms with Gasteiger partial charge in [-0.2, -0.15) is 0 Å². The minimum absolute atomic E-state index is 0.185. The maximum absolute atomic E-state index is 14.1. The van der Waals surface area contributed by atoms with Crippen LogP contribution in [-0.4, -0.2) is 6.54 Å². The zero-order chi connectivity index (χ0) is 14.8. The van der Waals surface area contributed by atoms with E-state index >= 15 is 0 Å². The van der Waals surface area contributed by atoms with Crippen LogP contribution in [0.25, 0.3) is 10.4 Å². The van der Waals surface area contributed by atoms with Gasteiger partial charge in [-0.1, -0.05) is 30.7 Å². The molecule has 0 spiro atoms. The summed E-state index contributed by atoms with van der Waals surface area (Å²) in [5, 5.41) is 3.81. The molecule has 112 valence electrons. The number of rotatable bonds is 6. The van der Waals surface area contributed by atoms with Crippen molar-refractivity contribution < 1.29 is 4.39 Å². The fraction of sp³-hybridized carbons (Fsp3) is 0.412. The summed E-state index contributed by atoms with van der Waals surface area (Å²) in [5.41, 5.74) is 0.601. The van der Waals surface area contributed by atoms with Gasteiger partial charge in [0, 0.05) is 21.4 Å². The highest BCUT2D eigenvalue weighted by molar-refractivity contribution is 7.15. The van der Waals surface area contributed by atoms with E-state index in [-0.39, 0.29) is 10.8 Å². The molecular formula is C17H19ClFNS. The highest BCUT2D eigenvalue weighted by atomic mass is 35.5. The Labute approximate surface area is 134 Å². The topological polar surface area (TPSA) is 12.0 Å². The van der Waals surface area contributed by atoms with E-state index in [1.54, 1.807) is 29.5 Å². The summed E-state index contributed by atoms with van der Waals surface area (Å²) in [6.07, 6.45) is 3.71. The van der Waals surface area contributed by atoms with E-state index in [4.69, 9.17) is 11.6 Å². The molecule has 21 heavy (non-hydrogen) atoms. The van der Waals surface area contributed by atoms with E-state index in [9.17, 15) is 4.39 Å². The Morgan fingerprint density at radius 2 is 2.14 bits per heavy atom. The van der Waals surface area contributed by atoms with Crippen LogP contribution < -0.4 is 5.32 Å². The molecule has 1 heterocycles. The summed E-state index contributed by atoms with van der Waals surface area (Å²) in [6, 6.07) is 9.75. The predicted octanol–water partition coefficient (Wildman–Crippen LogP) is 5.66. The molecule has 0 amide bonds. The van der Waals surface area contributed by atoms with E-state index in [1.165, 1.54) is 17.7 Å². The summed E-state index contributed by atoms with van der Waals surface area (Å²) >= 11 is 7.55. The molecule has 1 aromatic carbocycles. The lowest BCUT2D eigenvalue weighted by atomic mass is 10.1. The van der Waals surface area contributed by atoms with E-state index in [2.05, 4.69) is 18.3 Å². The molecule has 2 aromatic rings. The van der Waals surface area contributed by atoms with E-state index in [0.717, 1.165) is 23.8 Å². The lowest BCUT2D eigenvalue weighted by Crippen LogP contribution is -2.22. The Hall–Kier alpha value is -0.900. The minimum atomic E-state index is -0.322. The van der Waals surface area contributed by atoms with Crippen molar-refractivity contribution in [2.24, 2.45) is 5.92 Å². The van der Waals surface area contributed by atoms with Gasteiger partial charge in [0.15, 0.2) is 0 Å². The van der Waals surface area contributed by atoms with Gasteiger partial charge in [0.25, 0.3) is 0 Å². The lowest BCUT2D eigenvalue weighted by molar-refractivity contribution is 0.488. The van der Waals surface area contributed by atoms with Gasteiger partial charge >= 0.3 is 0 Å². The molecule has 0 bridgehead atoms. The average Bonchev–Trinajstić information content (AvgIpc) is 3.20. The van der Waals surface area contributed by atoms with Crippen LogP contribution in [0.4, 0.5) is 4.39 Å². The first-order chi connectivity index (χ1) is 10.2. The van der Waals surface area contributed by atoms with Gasteiger partial charge in [0.05, 0.1) is 5.02 Å². The van der Waals surface area contributed by atoms with Crippen LogP contribution in [0.5, 0.6) is 0 Å². The van der Waals surface area contributed by atoms with Crippen molar-refractivity contribution in [1.82, 2.24) is 5.32 Å². The maximum atomic E-state index is 14.1. The maximum Gasteiger partial charge on any atom is 0.150 e. The zero-order valence-electron chi connectivity index (χ0n) is 12.0. The molecule has 0 aliphatic heterocycles. The second-order valence-corrected chi connectivity index (χ2v) is 7.10. The molecule has 1 nitrogen and oxygen atoms in total. The van der Waals surface area contributed by atoms with Crippen molar-refractivity contribution in [3.05, 3.63) is 46.0 Å². The molecule has 1 aromatic heterocycles. The van der Waals surface area contributed by atoms with Crippen molar-refractivity contribution in [2.75, 3.05) is 6.54 Å². The van der Waals surface area contributed by atoms with E-state index in [1.807, 2.05) is 6.07 Å². The molecule has 1 saturated carbocycles. The number of benzene rings is 1. The summed E-state index contributed by atoms with van der Waals surface area (Å²) in [5.74, 6) is 0.421. The van der Waals surface area contributed by atoms with Gasteiger partial charge in [0.2, 0.25) is 0 Å². The molecule has 0 radical (unpaired) electrons. The van der Waals surface area contributed by atoms with Crippen molar-refractivity contribution in [3.63, 3.8) is 0 Å². The Morgan fingerprint density at radius 3 is 2.86 bits per heavy atom. The molecule has 0 saturated heterocycles. The van der Waals surface area contributed by atoms with Gasteiger partial charge in [-0.05, 0) is 49.9 Å². The van der Waals surface area contributed by atoms with E-state index < -0.39 is 0 Å². The fourth-order valence-electron chi connectivity index (χ4n) is 2.59. The Morgan fingerprint density at radius 1 is 1.33 bits per heavy atom. The highest BCUT2D eigenvalue weighted by Gasteiger charge is 2.32. The predicted molar refractivity (Wildman–Crippen MR) is 88.5 cm³/mol. The van der Waals surface area contributed by atoms with Crippen LogP contribution >= 0.6 is 22.9 Å². The molecule has 1 atom stereocenters. The third-order valence-corrected chi connectivity index (χ3v) is 5.35. The number of nitrogens with one attached hydrogen (secondary N) is 1. The van der Waals surface area contributed by atoms with Gasteiger partial charge in [-0.3, -0.25) is 0 Å². The highest BCUT2D eigenvalue weighted by Crippen LogP contribution is 2.44. The molecular weight excluding hydrogens is 305 g/mol. The molecule has 1 fully saturated rings. The first kappa shape index (κ1) is 15.0. The van der Waals surface area contributed by atoms with Crippen LogP contribution in [0.2, 0.25) is 5.02 Å². The number of hydrogen-bond acceptors (Lipinski definition) is 2. The van der Waals surface area contributed by atoms with Gasteiger partial charge in [0.1, 0.15) is 5.82 Å².